The molecule has 5 rings (SSSR count). The molecule has 0 N–H and O–H groups in total. The van der Waals surface area contributed by atoms with Gasteiger partial charge in [0.2, 0.25) is 5.82 Å². The molecule has 1 fully saturated rings. The number of esters is 1. The first-order valence-electron chi connectivity index (χ1n) is 11.2. The van der Waals surface area contributed by atoms with Crippen LogP contribution in [0.3, 0.4) is 0 Å². The normalized spacial score (nSPS) is 18.0. The minimum absolute atomic E-state index is 0.0500. The van der Waals surface area contributed by atoms with Gasteiger partial charge in [0.1, 0.15) is 11.3 Å². The lowest BCUT2D eigenvalue weighted by molar-refractivity contribution is -0.156. The van der Waals surface area contributed by atoms with Crippen LogP contribution in [0, 0.1) is 12.8 Å². The Bertz CT molecular complexity index is 1490. The molecule has 1 aliphatic carbocycles. The van der Waals surface area contributed by atoms with Crippen molar-refractivity contribution < 1.29 is 27.2 Å². The molecular weight excluding hydrogens is 497 g/mol. The SMILES string of the molecule is Cc1cc(C2CC2C(=O)OC(C)(C)C)ccc1-c1noc(-c2cn3cc(C(F)(F)F)cc(Cl)c3n2)n1. The standard InChI is InChI=1S/C25H22ClF3N4O3/c1-12-7-13(16-9-17(16)23(34)35-24(2,3)4)5-6-15(12)20-31-22(36-32-20)19-11-33-10-14(25(27,28)29)8-18(26)21(33)30-19/h5-8,10-11,16-17H,9H2,1-4H3. The molecule has 188 valence electrons. The van der Waals surface area contributed by atoms with Crippen LogP contribution in [0.2, 0.25) is 5.02 Å². The Balaban J connectivity index is 1.37. The van der Waals surface area contributed by atoms with Gasteiger partial charge in [0, 0.05) is 18.0 Å². The number of benzene rings is 1. The fraction of sp³-hybridized carbons (Fsp3) is 0.360. The van der Waals surface area contributed by atoms with E-state index >= 15 is 0 Å². The minimum Gasteiger partial charge on any atom is -0.460 e. The van der Waals surface area contributed by atoms with Crippen molar-refractivity contribution in [3.8, 4) is 23.0 Å². The predicted octanol–water partition coefficient (Wildman–Crippen LogP) is 6.48. The topological polar surface area (TPSA) is 82.5 Å². The maximum Gasteiger partial charge on any atom is 0.417 e. The molecule has 2 unspecified atom stereocenters. The van der Waals surface area contributed by atoms with E-state index in [2.05, 4.69) is 15.1 Å². The van der Waals surface area contributed by atoms with Crippen LogP contribution in [-0.2, 0) is 15.7 Å². The number of rotatable bonds is 4. The van der Waals surface area contributed by atoms with Gasteiger partial charge in [-0.3, -0.25) is 4.79 Å². The molecule has 1 aromatic carbocycles. The number of hydrogen-bond donors (Lipinski definition) is 0. The number of ether oxygens (including phenoxy) is 1. The van der Waals surface area contributed by atoms with Crippen molar-refractivity contribution in [2.75, 3.05) is 0 Å². The Labute approximate surface area is 209 Å². The maximum absolute atomic E-state index is 13.1. The van der Waals surface area contributed by atoms with E-state index in [1.807, 2.05) is 45.9 Å². The molecule has 0 aliphatic heterocycles. The lowest BCUT2D eigenvalue weighted by Crippen LogP contribution is -2.25. The molecule has 1 saturated carbocycles. The van der Waals surface area contributed by atoms with Crippen LogP contribution in [0.15, 0.2) is 41.2 Å². The summed E-state index contributed by atoms with van der Waals surface area (Å²) >= 11 is 6.02. The first-order chi connectivity index (χ1) is 16.8. The number of nitrogens with zero attached hydrogens (tertiary/aromatic N) is 4. The third kappa shape index (κ3) is 4.69. The highest BCUT2D eigenvalue weighted by Gasteiger charge is 2.46. The summed E-state index contributed by atoms with van der Waals surface area (Å²) in [6, 6.07) is 6.60. The van der Waals surface area contributed by atoms with Crippen LogP contribution >= 0.6 is 11.6 Å². The number of alkyl halides is 3. The Hall–Kier alpha value is -3.40. The van der Waals surface area contributed by atoms with Gasteiger partial charge in [0.15, 0.2) is 5.65 Å². The summed E-state index contributed by atoms with van der Waals surface area (Å²) in [4.78, 5) is 21.0. The molecule has 0 radical (unpaired) electrons. The van der Waals surface area contributed by atoms with E-state index in [0.29, 0.717) is 5.82 Å². The number of fused-ring (bicyclic) bond motifs is 1. The van der Waals surface area contributed by atoms with Crippen molar-refractivity contribution in [2.45, 2.75) is 51.8 Å². The smallest absolute Gasteiger partial charge is 0.417 e. The fourth-order valence-electron chi connectivity index (χ4n) is 4.12. The van der Waals surface area contributed by atoms with Crippen molar-refractivity contribution in [3.63, 3.8) is 0 Å². The summed E-state index contributed by atoms with van der Waals surface area (Å²) in [5.41, 5.74) is 1.58. The lowest BCUT2D eigenvalue weighted by atomic mass is 10.0. The molecule has 1 aliphatic rings. The van der Waals surface area contributed by atoms with E-state index in [0.717, 1.165) is 35.4 Å². The number of aromatic nitrogens is 4. The second kappa shape index (κ2) is 8.33. The zero-order valence-corrected chi connectivity index (χ0v) is 20.6. The molecular formula is C25H22ClF3N4O3. The summed E-state index contributed by atoms with van der Waals surface area (Å²) in [5.74, 6) is 0.136. The third-order valence-electron chi connectivity index (χ3n) is 5.90. The van der Waals surface area contributed by atoms with Crippen LogP contribution in [0.1, 0.15) is 49.8 Å². The van der Waals surface area contributed by atoms with Gasteiger partial charge in [-0.1, -0.05) is 35.0 Å². The average Bonchev–Trinajstić information content (AvgIpc) is 3.20. The summed E-state index contributed by atoms with van der Waals surface area (Å²) < 4.78 is 51.3. The number of imidazole rings is 1. The van der Waals surface area contributed by atoms with Crippen molar-refractivity contribution in [1.82, 2.24) is 19.5 Å². The maximum atomic E-state index is 13.1. The molecule has 7 nitrogen and oxygen atoms in total. The number of pyridine rings is 1. The molecule has 0 bridgehead atoms. The number of hydrogen-bond acceptors (Lipinski definition) is 6. The van der Waals surface area contributed by atoms with Crippen LogP contribution in [0.5, 0.6) is 0 Å². The quantitative estimate of drug-likeness (QED) is 0.288. The van der Waals surface area contributed by atoms with E-state index in [1.54, 1.807) is 0 Å². The Morgan fingerprint density at radius 1 is 1.17 bits per heavy atom. The Morgan fingerprint density at radius 2 is 1.92 bits per heavy atom. The highest BCUT2D eigenvalue weighted by molar-refractivity contribution is 6.33. The van der Waals surface area contributed by atoms with Gasteiger partial charge in [-0.05, 0) is 57.2 Å². The zero-order valence-electron chi connectivity index (χ0n) is 19.9. The van der Waals surface area contributed by atoms with Crippen LogP contribution in [0.4, 0.5) is 13.2 Å². The Kier molecular flexibility index (Phi) is 5.62. The van der Waals surface area contributed by atoms with E-state index < -0.39 is 17.3 Å². The van der Waals surface area contributed by atoms with Crippen LogP contribution in [0.25, 0.3) is 28.6 Å². The van der Waals surface area contributed by atoms with Crippen LogP contribution < -0.4 is 0 Å². The average molecular weight is 519 g/mol. The van der Waals surface area contributed by atoms with Gasteiger partial charge in [0.05, 0.1) is 16.5 Å². The highest BCUT2D eigenvalue weighted by Crippen LogP contribution is 2.49. The minimum atomic E-state index is -4.54. The van der Waals surface area contributed by atoms with E-state index in [9.17, 15) is 18.0 Å². The molecule has 3 heterocycles. The third-order valence-corrected chi connectivity index (χ3v) is 6.18. The van der Waals surface area contributed by atoms with E-state index in [-0.39, 0.29) is 40.1 Å². The molecule has 36 heavy (non-hydrogen) atoms. The number of carbonyl (C=O) groups is 1. The largest absolute Gasteiger partial charge is 0.460 e. The van der Waals surface area contributed by atoms with Gasteiger partial charge in [-0.2, -0.15) is 18.2 Å². The second-order valence-corrected chi connectivity index (χ2v) is 10.3. The monoisotopic (exact) mass is 518 g/mol. The lowest BCUT2D eigenvalue weighted by Gasteiger charge is -2.19. The number of aryl methyl sites for hydroxylation is 1. The molecule has 3 aromatic heterocycles. The van der Waals surface area contributed by atoms with Gasteiger partial charge >= 0.3 is 12.1 Å². The molecule has 2 atom stereocenters. The second-order valence-electron chi connectivity index (χ2n) is 9.91. The van der Waals surface area contributed by atoms with Crippen molar-refractivity contribution in [3.05, 3.63) is 58.4 Å². The zero-order chi connectivity index (χ0) is 26.0. The van der Waals surface area contributed by atoms with Crippen LogP contribution in [-0.4, -0.2) is 31.1 Å². The molecule has 4 aromatic rings. The molecule has 0 spiro atoms. The number of halogens is 4. The summed E-state index contributed by atoms with van der Waals surface area (Å²) in [6.07, 6.45) is -1.54. The van der Waals surface area contributed by atoms with Crippen molar-refractivity contribution in [2.24, 2.45) is 5.92 Å². The van der Waals surface area contributed by atoms with Gasteiger partial charge in [-0.25, -0.2) is 4.98 Å². The van der Waals surface area contributed by atoms with E-state index in [1.165, 1.54) is 10.6 Å². The van der Waals surface area contributed by atoms with Gasteiger partial charge in [0.25, 0.3) is 5.89 Å². The molecule has 11 heteroatoms. The molecule has 0 saturated heterocycles. The predicted molar refractivity (Wildman–Crippen MR) is 125 cm³/mol. The first kappa shape index (κ1) is 24.3. The Morgan fingerprint density at radius 3 is 2.58 bits per heavy atom. The van der Waals surface area contributed by atoms with Gasteiger partial charge in [-0.15, -0.1) is 0 Å². The summed E-state index contributed by atoms with van der Waals surface area (Å²) in [6.45, 7) is 7.45. The summed E-state index contributed by atoms with van der Waals surface area (Å²) in [5, 5.41) is 3.88. The summed E-state index contributed by atoms with van der Waals surface area (Å²) in [7, 11) is 0. The molecule has 0 amide bonds. The van der Waals surface area contributed by atoms with Crippen molar-refractivity contribution in [1.29, 1.82) is 0 Å². The van der Waals surface area contributed by atoms with Gasteiger partial charge < -0.3 is 13.7 Å². The van der Waals surface area contributed by atoms with Crippen molar-refractivity contribution >= 4 is 23.2 Å². The number of carbonyl (C=O) groups excluding carboxylic acids is 1. The fourth-order valence-corrected chi connectivity index (χ4v) is 4.38. The first-order valence-corrected chi connectivity index (χ1v) is 11.6. The van der Waals surface area contributed by atoms with E-state index in [4.69, 9.17) is 20.9 Å². The highest BCUT2D eigenvalue weighted by atomic mass is 35.5.